The highest BCUT2D eigenvalue weighted by Crippen LogP contribution is 2.38. The molecule has 1 saturated carbocycles. The highest BCUT2D eigenvalue weighted by molar-refractivity contribution is 7.14. The number of thiophene rings is 1. The van der Waals surface area contributed by atoms with E-state index in [1.165, 1.54) is 30.6 Å². The lowest BCUT2D eigenvalue weighted by Crippen LogP contribution is -2.09. The third-order valence-electron chi connectivity index (χ3n) is 3.11. The Kier molecular flexibility index (Phi) is 2.95. The van der Waals surface area contributed by atoms with Gasteiger partial charge in [0.15, 0.2) is 0 Å². The summed E-state index contributed by atoms with van der Waals surface area (Å²) in [6.07, 6.45) is 5.91. The molecule has 2 rings (SSSR count). The Hall–Kier alpha value is -1.03. The number of aromatic carboxylic acids is 1. The molecule has 3 N–H and O–H groups in total. The minimum atomic E-state index is -0.880. The normalized spacial score (nSPS) is 17.9. The third-order valence-corrected chi connectivity index (χ3v) is 3.94. The molecule has 1 aromatic rings. The summed E-state index contributed by atoms with van der Waals surface area (Å²) in [7, 11) is 0. The molecule has 0 radical (unpaired) electrons. The molecule has 15 heavy (non-hydrogen) atoms. The Morgan fingerprint density at radius 3 is 2.67 bits per heavy atom. The van der Waals surface area contributed by atoms with Crippen LogP contribution in [0.1, 0.15) is 53.9 Å². The van der Waals surface area contributed by atoms with E-state index in [9.17, 15) is 4.79 Å². The van der Waals surface area contributed by atoms with E-state index < -0.39 is 5.97 Å². The lowest BCUT2D eigenvalue weighted by molar-refractivity contribution is 0.0696. The topological polar surface area (TPSA) is 63.3 Å². The van der Waals surface area contributed by atoms with E-state index in [-0.39, 0.29) is 0 Å². The van der Waals surface area contributed by atoms with Crippen molar-refractivity contribution >= 4 is 22.3 Å². The van der Waals surface area contributed by atoms with Crippen molar-refractivity contribution in [3.05, 3.63) is 16.5 Å². The number of carboxylic acid groups (broad SMARTS) is 1. The molecule has 4 heteroatoms. The number of hydrogen-bond donors (Lipinski definition) is 2. The van der Waals surface area contributed by atoms with Gasteiger partial charge in [0.2, 0.25) is 0 Å². The van der Waals surface area contributed by atoms with Gasteiger partial charge in [-0.1, -0.05) is 19.3 Å². The summed E-state index contributed by atoms with van der Waals surface area (Å²) in [5.41, 5.74) is 7.00. The molecular formula is C11H15NO2S. The van der Waals surface area contributed by atoms with Crippen LogP contribution in [0.5, 0.6) is 0 Å². The number of carboxylic acids is 1. The van der Waals surface area contributed by atoms with Gasteiger partial charge in [-0.25, -0.2) is 4.79 Å². The maximum atomic E-state index is 11.1. The lowest BCUT2D eigenvalue weighted by atomic mass is 9.83. The number of rotatable bonds is 2. The molecule has 1 aliphatic rings. The van der Waals surface area contributed by atoms with Crippen molar-refractivity contribution in [2.45, 2.75) is 38.0 Å². The Bertz CT molecular complexity index is 367. The van der Waals surface area contributed by atoms with Crippen molar-refractivity contribution < 1.29 is 9.90 Å². The van der Waals surface area contributed by atoms with Crippen molar-refractivity contribution in [2.75, 3.05) is 5.73 Å². The summed E-state index contributed by atoms with van der Waals surface area (Å²) in [6, 6.07) is 0. The van der Waals surface area contributed by atoms with Crippen molar-refractivity contribution in [2.24, 2.45) is 0 Å². The molecule has 0 aromatic carbocycles. The quantitative estimate of drug-likeness (QED) is 0.813. The van der Waals surface area contributed by atoms with Crippen LogP contribution in [0.4, 0.5) is 5.00 Å². The molecule has 0 unspecified atom stereocenters. The van der Waals surface area contributed by atoms with Gasteiger partial charge in [0.1, 0.15) is 5.00 Å². The largest absolute Gasteiger partial charge is 0.478 e. The van der Waals surface area contributed by atoms with Crippen molar-refractivity contribution in [1.29, 1.82) is 0 Å². The average Bonchev–Trinajstić information content (AvgIpc) is 2.61. The van der Waals surface area contributed by atoms with Crippen LogP contribution < -0.4 is 5.73 Å². The van der Waals surface area contributed by atoms with Crippen molar-refractivity contribution in [1.82, 2.24) is 0 Å². The maximum Gasteiger partial charge on any atom is 0.338 e. The van der Waals surface area contributed by atoms with Crippen LogP contribution in [0, 0.1) is 0 Å². The molecule has 0 spiro atoms. The predicted octanol–water partition coefficient (Wildman–Crippen LogP) is 3.08. The minimum Gasteiger partial charge on any atom is -0.478 e. The fraction of sp³-hybridized carbons (Fsp3) is 0.545. The Morgan fingerprint density at radius 1 is 1.40 bits per heavy atom. The van der Waals surface area contributed by atoms with Crippen LogP contribution in [-0.4, -0.2) is 11.1 Å². The fourth-order valence-electron chi connectivity index (χ4n) is 2.33. The van der Waals surface area contributed by atoms with Gasteiger partial charge in [-0.05, 0) is 29.7 Å². The summed E-state index contributed by atoms with van der Waals surface area (Å²) in [4.78, 5) is 11.1. The first-order chi connectivity index (χ1) is 7.20. The molecule has 0 bridgehead atoms. The van der Waals surface area contributed by atoms with Gasteiger partial charge in [0.05, 0.1) is 5.56 Å². The van der Waals surface area contributed by atoms with E-state index in [0.717, 1.165) is 18.4 Å². The first-order valence-corrected chi connectivity index (χ1v) is 6.18. The molecule has 0 saturated heterocycles. The molecular weight excluding hydrogens is 210 g/mol. The molecule has 1 aliphatic carbocycles. The van der Waals surface area contributed by atoms with Crippen LogP contribution in [0.3, 0.4) is 0 Å². The highest BCUT2D eigenvalue weighted by atomic mass is 32.1. The van der Waals surface area contributed by atoms with Crippen LogP contribution in [0.2, 0.25) is 0 Å². The molecule has 1 aromatic heterocycles. The van der Waals surface area contributed by atoms with Crippen LogP contribution in [-0.2, 0) is 0 Å². The average molecular weight is 225 g/mol. The molecule has 3 nitrogen and oxygen atoms in total. The Labute approximate surface area is 92.9 Å². The van der Waals surface area contributed by atoms with E-state index in [1.54, 1.807) is 0 Å². The lowest BCUT2D eigenvalue weighted by Gasteiger charge is -2.21. The minimum absolute atomic E-state index is 0.354. The second kappa shape index (κ2) is 4.23. The first-order valence-electron chi connectivity index (χ1n) is 5.30. The van der Waals surface area contributed by atoms with E-state index in [1.807, 2.05) is 5.38 Å². The highest BCUT2D eigenvalue weighted by Gasteiger charge is 2.24. The van der Waals surface area contributed by atoms with Crippen molar-refractivity contribution in [3.63, 3.8) is 0 Å². The van der Waals surface area contributed by atoms with Crippen LogP contribution >= 0.6 is 11.3 Å². The standard InChI is InChI=1S/C11H15NO2S/c12-10-9(11(13)14)8(6-15-10)7-4-2-1-3-5-7/h6-7H,1-5,12H2,(H,13,14). The maximum absolute atomic E-state index is 11.1. The van der Waals surface area contributed by atoms with E-state index >= 15 is 0 Å². The molecule has 0 atom stereocenters. The second-order valence-corrected chi connectivity index (χ2v) is 4.98. The summed E-state index contributed by atoms with van der Waals surface area (Å²) >= 11 is 1.35. The zero-order valence-corrected chi connectivity index (χ0v) is 9.35. The van der Waals surface area contributed by atoms with Crippen LogP contribution in [0.25, 0.3) is 0 Å². The monoisotopic (exact) mass is 225 g/mol. The molecule has 0 aliphatic heterocycles. The number of nitrogen functional groups attached to an aromatic ring is 1. The molecule has 0 amide bonds. The van der Waals surface area contributed by atoms with Gasteiger partial charge < -0.3 is 10.8 Å². The van der Waals surface area contributed by atoms with Gasteiger partial charge in [0, 0.05) is 0 Å². The van der Waals surface area contributed by atoms with Gasteiger partial charge in [-0.15, -0.1) is 11.3 Å². The van der Waals surface area contributed by atoms with Crippen molar-refractivity contribution in [3.8, 4) is 0 Å². The SMILES string of the molecule is Nc1scc(C2CCCCC2)c1C(=O)O. The summed E-state index contributed by atoms with van der Waals surface area (Å²) in [5.74, 6) is -0.465. The number of anilines is 1. The van der Waals surface area contributed by atoms with Gasteiger partial charge in [0.25, 0.3) is 0 Å². The van der Waals surface area contributed by atoms with Crippen LogP contribution in [0.15, 0.2) is 5.38 Å². The second-order valence-electron chi connectivity index (χ2n) is 4.07. The first kappa shape index (κ1) is 10.5. The van der Waals surface area contributed by atoms with E-state index in [2.05, 4.69) is 0 Å². The zero-order valence-electron chi connectivity index (χ0n) is 8.53. The zero-order chi connectivity index (χ0) is 10.8. The van der Waals surface area contributed by atoms with Gasteiger partial charge >= 0.3 is 5.97 Å². The summed E-state index contributed by atoms with van der Waals surface area (Å²) in [5, 5.41) is 11.5. The Morgan fingerprint density at radius 2 is 2.07 bits per heavy atom. The smallest absolute Gasteiger partial charge is 0.338 e. The number of hydrogen-bond acceptors (Lipinski definition) is 3. The molecule has 1 heterocycles. The summed E-state index contributed by atoms with van der Waals surface area (Å²) in [6.45, 7) is 0. The molecule has 82 valence electrons. The van der Waals surface area contributed by atoms with Gasteiger partial charge in [-0.2, -0.15) is 0 Å². The third kappa shape index (κ3) is 2.00. The fourth-order valence-corrected chi connectivity index (χ4v) is 3.22. The Balaban J connectivity index is 2.30. The molecule has 1 fully saturated rings. The summed E-state index contributed by atoms with van der Waals surface area (Å²) < 4.78 is 0. The number of carbonyl (C=O) groups is 1. The predicted molar refractivity (Wildman–Crippen MR) is 61.5 cm³/mol. The number of nitrogens with two attached hydrogens (primary N) is 1. The van der Waals surface area contributed by atoms with E-state index in [0.29, 0.717) is 16.5 Å². The van der Waals surface area contributed by atoms with E-state index in [4.69, 9.17) is 10.8 Å². The van der Waals surface area contributed by atoms with Gasteiger partial charge in [-0.3, -0.25) is 0 Å².